The van der Waals surface area contributed by atoms with Gasteiger partial charge in [-0.25, -0.2) is 9.18 Å². The van der Waals surface area contributed by atoms with Gasteiger partial charge in [-0.3, -0.25) is 9.69 Å². The summed E-state index contributed by atoms with van der Waals surface area (Å²) < 4.78 is 29.5. The number of amides is 2. The molecule has 34 heavy (non-hydrogen) atoms. The van der Waals surface area contributed by atoms with Gasteiger partial charge in [-0.05, 0) is 36.4 Å². The van der Waals surface area contributed by atoms with E-state index in [2.05, 4.69) is 15.2 Å². The molecule has 0 atom stereocenters. The summed E-state index contributed by atoms with van der Waals surface area (Å²) >= 11 is 0. The van der Waals surface area contributed by atoms with E-state index in [1.165, 1.54) is 24.3 Å². The lowest BCUT2D eigenvalue weighted by Gasteiger charge is -2.30. The van der Waals surface area contributed by atoms with E-state index in [-0.39, 0.29) is 30.7 Å². The summed E-state index contributed by atoms with van der Waals surface area (Å²) in [4.78, 5) is 32.6. The van der Waals surface area contributed by atoms with Crippen LogP contribution in [0.15, 0.2) is 47.3 Å². The third-order valence-electron chi connectivity index (χ3n) is 5.95. The molecule has 3 heterocycles. The minimum atomic E-state index is -0.384. The van der Waals surface area contributed by atoms with Crippen molar-refractivity contribution < 1.29 is 23.4 Å². The number of anilines is 1. The highest BCUT2D eigenvalue weighted by atomic mass is 19.1. The Labute approximate surface area is 195 Å². The van der Waals surface area contributed by atoms with Crippen LogP contribution in [-0.2, 0) is 11.3 Å². The number of benzene rings is 2. The molecule has 5 rings (SSSR count). The highest BCUT2D eigenvalue weighted by molar-refractivity contribution is 5.89. The lowest BCUT2D eigenvalue weighted by Crippen LogP contribution is -2.44. The van der Waals surface area contributed by atoms with Gasteiger partial charge in [0.2, 0.25) is 6.79 Å². The number of hydrogen-bond acceptors (Lipinski definition) is 6. The number of rotatable bonds is 6. The number of ether oxygens (including phenoxy) is 3. The van der Waals surface area contributed by atoms with E-state index < -0.39 is 0 Å². The monoisotopic (exact) mass is 468 g/mol. The molecule has 0 aliphatic carbocycles. The molecule has 2 N–H and O–H groups in total. The molecule has 0 bridgehead atoms. The number of morpholine rings is 1. The second kappa shape index (κ2) is 9.70. The van der Waals surface area contributed by atoms with Crippen LogP contribution in [-0.4, -0.2) is 67.0 Å². The van der Waals surface area contributed by atoms with Crippen molar-refractivity contribution in [3.8, 4) is 11.5 Å². The lowest BCUT2D eigenvalue weighted by atomic mass is 10.1. The zero-order valence-electron chi connectivity index (χ0n) is 18.5. The fourth-order valence-electron chi connectivity index (χ4n) is 4.04. The van der Waals surface area contributed by atoms with Gasteiger partial charge < -0.3 is 29.4 Å². The normalized spacial score (nSPS) is 15.4. The zero-order chi connectivity index (χ0) is 23.5. The van der Waals surface area contributed by atoms with Crippen LogP contribution in [0.2, 0.25) is 0 Å². The number of aromatic amines is 1. The first-order valence-corrected chi connectivity index (χ1v) is 11.1. The topological polar surface area (TPSA) is 96.1 Å². The first-order valence-electron chi connectivity index (χ1n) is 11.1. The Hall–Kier alpha value is -3.63. The van der Waals surface area contributed by atoms with E-state index >= 15 is 0 Å². The highest BCUT2D eigenvalue weighted by Crippen LogP contribution is 2.35. The van der Waals surface area contributed by atoms with E-state index in [1.807, 2.05) is 6.07 Å². The molecule has 2 amide bonds. The van der Waals surface area contributed by atoms with Gasteiger partial charge in [-0.15, -0.1) is 0 Å². The van der Waals surface area contributed by atoms with Crippen molar-refractivity contribution in [2.75, 3.05) is 51.5 Å². The van der Waals surface area contributed by atoms with Crippen LogP contribution in [0.5, 0.6) is 11.5 Å². The Morgan fingerprint density at radius 2 is 1.82 bits per heavy atom. The Morgan fingerprint density at radius 3 is 2.59 bits per heavy atom. The molecule has 178 valence electrons. The van der Waals surface area contributed by atoms with Crippen LogP contribution < -0.4 is 20.3 Å². The van der Waals surface area contributed by atoms with Crippen molar-refractivity contribution in [1.82, 2.24) is 14.8 Å². The van der Waals surface area contributed by atoms with E-state index in [9.17, 15) is 14.0 Å². The predicted molar refractivity (Wildman–Crippen MR) is 124 cm³/mol. The van der Waals surface area contributed by atoms with E-state index in [4.69, 9.17) is 14.2 Å². The zero-order valence-corrected chi connectivity index (χ0v) is 18.5. The molecule has 2 aliphatic rings. The summed E-state index contributed by atoms with van der Waals surface area (Å²) in [7, 11) is 0. The molecule has 10 heteroatoms. The van der Waals surface area contributed by atoms with Gasteiger partial charge >= 0.3 is 6.03 Å². The van der Waals surface area contributed by atoms with Crippen LogP contribution in [0.25, 0.3) is 10.9 Å². The molecule has 1 fully saturated rings. The van der Waals surface area contributed by atoms with Gasteiger partial charge in [0.05, 0.1) is 25.3 Å². The number of nitrogens with zero attached hydrogens (tertiary/aromatic N) is 2. The van der Waals surface area contributed by atoms with Gasteiger partial charge in [0, 0.05) is 48.9 Å². The highest BCUT2D eigenvalue weighted by Gasteiger charge is 2.20. The third-order valence-corrected chi connectivity index (χ3v) is 5.95. The van der Waals surface area contributed by atoms with Crippen molar-refractivity contribution in [2.45, 2.75) is 6.54 Å². The molecule has 0 unspecified atom stereocenters. The standard InChI is InChI=1S/C24H25FN4O5/c25-18-1-3-19(4-2-18)26-24(31)29(6-5-28-7-9-32-10-8-28)14-17-11-16-12-21-22(34-15-33-21)13-20(16)27-23(17)30/h1-4,11-13H,5-10,14-15H2,(H,26,31)(H,27,30). The lowest BCUT2D eigenvalue weighted by molar-refractivity contribution is 0.0349. The van der Waals surface area contributed by atoms with Crippen LogP contribution in [0, 0.1) is 5.82 Å². The molecule has 0 spiro atoms. The van der Waals surface area contributed by atoms with Gasteiger partial charge in [-0.2, -0.15) is 0 Å². The van der Waals surface area contributed by atoms with Crippen LogP contribution in [0.3, 0.4) is 0 Å². The van der Waals surface area contributed by atoms with Crippen LogP contribution in [0.4, 0.5) is 14.9 Å². The first-order chi connectivity index (χ1) is 16.5. The van der Waals surface area contributed by atoms with Gasteiger partial charge in [-0.1, -0.05) is 0 Å². The predicted octanol–water partition coefficient (Wildman–Crippen LogP) is 2.76. The first kappa shape index (κ1) is 22.2. The number of pyridine rings is 1. The molecule has 2 aromatic carbocycles. The van der Waals surface area contributed by atoms with E-state index in [1.54, 1.807) is 17.0 Å². The number of carbonyl (C=O) groups excluding carboxylic acids is 1. The summed E-state index contributed by atoms with van der Waals surface area (Å²) in [6, 6.07) is 10.5. The molecule has 2 aliphatic heterocycles. The molecule has 3 aromatic rings. The Balaban J connectivity index is 1.38. The van der Waals surface area contributed by atoms with Crippen molar-refractivity contribution in [2.24, 2.45) is 0 Å². The Bertz CT molecular complexity index is 1240. The van der Waals surface area contributed by atoms with Crippen molar-refractivity contribution in [3.05, 3.63) is 64.2 Å². The largest absolute Gasteiger partial charge is 0.454 e. The molecule has 1 aromatic heterocycles. The summed E-state index contributed by atoms with van der Waals surface area (Å²) in [5.74, 6) is 0.816. The maximum Gasteiger partial charge on any atom is 0.322 e. The second-order valence-electron chi connectivity index (χ2n) is 8.23. The van der Waals surface area contributed by atoms with Crippen LogP contribution >= 0.6 is 0 Å². The molecule has 0 saturated carbocycles. The fourth-order valence-corrected chi connectivity index (χ4v) is 4.04. The average Bonchev–Trinajstić information content (AvgIpc) is 3.30. The summed E-state index contributed by atoms with van der Waals surface area (Å²) in [6.45, 7) is 4.19. The van der Waals surface area contributed by atoms with Gasteiger partial charge in [0.25, 0.3) is 5.56 Å². The number of aromatic nitrogens is 1. The maximum absolute atomic E-state index is 13.3. The Morgan fingerprint density at radius 1 is 1.09 bits per heavy atom. The SMILES string of the molecule is O=C(Nc1ccc(F)cc1)N(CCN1CCOCC1)Cc1cc2cc3c(cc2[nH]c1=O)OCO3. The maximum atomic E-state index is 13.3. The molecule has 9 nitrogen and oxygen atoms in total. The third kappa shape index (κ3) is 4.97. The molecule has 1 saturated heterocycles. The number of carbonyl (C=O) groups is 1. The van der Waals surface area contributed by atoms with Crippen LogP contribution in [0.1, 0.15) is 5.56 Å². The summed E-state index contributed by atoms with van der Waals surface area (Å²) in [5, 5.41) is 3.58. The quantitative estimate of drug-likeness (QED) is 0.578. The average molecular weight is 468 g/mol. The van der Waals surface area contributed by atoms with Crippen molar-refractivity contribution in [1.29, 1.82) is 0 Å². The summed E-state index contributed by atoms with van der Waals surface area (Å²) in [6.07, 6.45) is 0. The second-order valence-corrected chi connectivity index (χ2v) is 8.23. The van der Waals surface area contributed by atoms with Gasteiger partial charge in [0.1, 0.15) is 5.82 Å². The van der Waals surface area contributed by atoms with Gasteiger partial charge in [0.15, 0.2) is 11.5 Å². The molecular weight excluding hydrogens is 443 g/mol. The molecular formula is C24H25FN4O5. The number of H-pyrrole nitrogens is 1. The number of halogens is 1. The number of hydrogen-bond donors (Lipinski definition) is 2. The molecule has 0 radical (unpaired) electrons. The van der Waals surface area contributed by atoms with E-state index in [0.717, 1.165) is 18.5 Å². The number of urea groups is 1. The number of fused-ring (bicyclic) bond motifs is 2. The smallest absolute Gasteiger partial charge is 0.322 e. The minimum Gasteiger partial charge on any atom is -0.454 e. The number of nitrogens with one attached hydrogen (secondary N) is 2. The van der Waals surface area contributed by atoms with Crippen molar-refractivity contribution >= 4 is 22.6 Å². The Kier molecular flexibility index (Phi) is 6.33. The van der Waals surface area contributed by atoms with Crippen molar-refractivity contribution in [3.63, 3.8) is 0 Å². The summed E-state index contributed by atoms with van der Waals surface area (Å²) in [5.41, 5.74) is 1.27. The fraction of sp³-hybridized carbons (Fsp3) is 0.333. The minimum absolute atomic E-state index is 0.108. The van der Waals surface area contributed by atoms with E-state index in [0.29, 0.717) is 54.6 Å².